The number of para-hydroxylation sites is 1. The molecule has 0 bridgehead atoms. The summed E-state index contributed by atoms with van der Waals surface area (Å²) in [6.45, 7) is 4.94. The Labute approximate surface area is 231 Å². The van der Waals surface area contributed by atoms with Crippen LogP contribution in [0.2, 0.25) is 0 Å². The van der Waals surface area contributed by atoms with E-state index in [1.54, 1.807) is 27.5 Å². The van der Waals surface area contributed by atoms with Crippen LogP contribution in [0.4, 0.5) is 13.6 Å². The molecule has 2 aromatic carbocycles. The number of fused-ring (bicyclic) bond motifs is 5. The minimum atomic E-state index is -3.07. The van der Waals surface area contributed by atoms with Crippen molar-refractivity contribution >= 4 is 23.0 Å². The topological polar surface area (TPSA) is 76.9 Å². The number of nitrogens with zero attached hydrogens (tertiary/aromatic N) is 4. The first-order valence-electron chi connectivity index (χ1n) is 13.4. The molecular formula is C30H32F2N4O4. The highest BCUT2D eigenvalue weighted by molar-refractivity contribution is 6.00. The molecule has 0 N–H and O–H groups in total. The van der Waals surface area contributed by atoms with Gasteiger partial charge in [-0.05, 0) is 70.4 Å². The quantitative estimate of drug-likeness (QED) is 0.379. The van der Waals surface area contributed by atoms with E-state index in [2.05, 4.69) is 11.8 Å². The third-order valence-electron chi connectivity index (χ3n) is 7.09. The van der Waals surface area contributed by atoms with Crippen LogP contribution in [0.5, 0.6) is 5.75 Å². The average molecular weight is 551 g/mol. The van der Waals surface area contributed by atoms with Crippen LogP contribution in [-0.2, 0) is 4.74 Å². The number of alkyl halides is 2. The molecule has 1 aromatic heterocycles. The Balaban J connectivity index is 1.61. The zero-order valence-electron chi connectivity index (χ0n) is 23.2. The van der Waals surface area contributed by atoms with E-state index in [4.69, 9.17) is 14.5 Å². The molecule has 0 aliphatic carbocycles. The Bertz CT molecular complexity index is 1530. The van der Waals surface area contributed by atoms with Crippen LogP contribution in [0.1, 0.15) is 74.7 Å². The van der Waals surface area contributed by atoms with E-state index in [0.29, 0.717) is 35.4 Å². The summed E-state index contributed by atoms with van der Waals surface area (Å²) >= 11 is 0. The van der Waals surface area contributed by atoms with Gasteiger partial charge in [-0.25, -0.2) is 9.78 Å². The van der Waals surface area contributed by atoms with Gasteiger partial charge >= 0.3 is 12.7 Å². The molecule has 3 heterocycles. The Morgan fingerprint density at radius 3 is 2.70 bits per heavy atom. The number of rotatable bonds is 3. The smallest absolute Gasteiger partial charge is 0.411 e. The minimum absolute atomic E-state index is 0.109. The van der Waals surface area contributed by atoms with Gasteiger partial charge < -0.3 is 14.4 Å². The van der Waals surface area contributed by atoms with Crippen LogP contribution in [0.3, 0.4) is 0 Å². The predicted molar refractivity (Wildman–Crippen MR) is 146 cm³/mol. The van der Waals surface area contributed by atoms with E-state index in [1.165, 1.54) is 12.1 Å². The lowest BCUT2D eigenvalue weighted by atomic mass is 10.1. The highest BCUT2D eigenvalue weighted by atomic mass is 19.3. The van der Waals surface area contributed by atoms with E-state index < -0.39 is 12.2 Å². The maximum Gasteiger partial charge on any atom is 0.411 e. The zero-order valence-corrected chi connectivity index (χ0v) is 23.2. The third-order valence-corrected chi connectivity index (χ3v) is 7.09. The van der Waals surface area contributed by atoms with Crippen LogP contribution in [-0.4, -0.2) is 63.2 Å². The molecule has 10 heteroatoms. The van der Waals surface area contributed by atoms with Crippen LogP contribution in [0.25, 0.3) is 16.7 Å². The van der Waals surface area contributed by atoms with Crippen molar-refractivity contribution in [2.24, 2.45) is 0 Å². The van der Waals surface area contributed by atoms with Gasteiger partial charge in [-0.2, -0.15) is 8.78 Å². The second-order valence-corrected chi connectivity index (χ2v) is 11.0. The fourth-order valence-corrected chi connectivity index (χ4v) is 5.33. The second kappa shape index (κ2) is 10.5. The summed E-state index contributed by atoms with van der Waals surface area (Å²) in [6.07, 6.45) is 1.75. The fourth-order valence-electron chi connectivity index (χ4n) is 5.33. The Morgan fingerprint density at radius 2 is 2.00 bits per heavy atom. The number of ether oxygens (including phenoxy) is 2. The lowest BCUT2D eigenvalue weighted by Crippen LogP contribution is -2.39. The maximum atomic E-state index is 13.4. The first kappa shape index (κ1) is 27.4. The van der Waals surface area contributed by atoms with Gasteiger partial charge in [-0.3, -0.25) is 14.3 Å². The number of hydrogen-bond donors (Lipinski definition) is 0. The molecule has 2 aliphatic heterocycles. The van der Waals surface area contributed by atoms with Gasteiger partial charge in [0, 0.05) is 19.2 Å². The SMILES string of the molecule is CCC1c2nc3ccc(C#CC4CCCN4C(=O)OC(C)(C)C)cc3n2-c2c(OC(F)F)cccc2C(=O)N1C. The van der Waals surface area contributed by atoms with Crippen LogP contribution in [0.15, 0.2) is 36.4 Å². The number of hydrogen-bond acceptors (Lipinski definition) is 5. The molecule has 1 saturated heterocycles. The summed E-state index contributed by atoms with van der Waals surface area (Å²) in [6, 6.07) is 9.39. The molecule has 2 aliphatic rings. The van der Waals surface area contributed by atoms with Gasteiger partial charge in [0.05, 0.1) is 28.7 Å². The maximum absolute atomic E-state index is 13.4. The largest absolute Gasteiger partial charge is 0.444 e. The first-order valence-corrected chi connectivity index (χ1v) is 13.4. The van der Waals surface area contributed by atoms with Crippen LogP contribution in [0, 0.1) is 11.8 Å². The fraction of sp³-hybridized carbons (Fsp3) is 0.433. The minimum Gasteiger partial charge on any atom is -0.444 e. The van der Waals surface area contributed by atoms with Crippen molar-refractivity contribution in [3.8, 4) is 23.3 Å². The molecule has 40 heavy (non-hydrogen) atoms. The number of aromatic nitrogens is 2. The molecule has 0 radical (unpaired) electrons. The summed E-state index contributed by atoms with van der Waals surface area (Å²) in [5.41, 5.74) is 1.79. The monoisotopic (exact) mass is 550 g/mol. The van der Waals surface area contributed by atoms with Crippen LogP contribution >= 0.6 is 0 Å². The molecule has 2 unspecified atom stereocenters. The van der Waals surface area contributed by atoms with Crippen molar-refractivity contribution in [2.75, 3.05) is 13.6 Å². The summed E-state index contributed by atoms with van der Waals surface area (Å²) in [7, 11) is 1.69. The molecule has 210 valence electrons. The van der Waals surface area contributed by atoms with Crippen molar-refractivity contribution in [3.63, 3.8) is 0 Å². The summed E-state index contributed by atoms with van der Waals surface area (Å²) in [4.78, 5) is 34.2. The number of carbonyl (C=O) groups excluding carboxylic acids is 2. The van der Waals surface area contributed by atoms with Crippen molar-refractivity contribution in [1.82, 2.24) is 19.4 Å². The standard InChI is InChI=1S/C30H32F2N4O4/c1-6-22-26-33-21-15-13-18(12-14-19-9-8-16-35(19)29(38)40-30(2,3)4)17-23(21)36(26)25-20(27(37)34(22)5)10-7-11-24(25)39-28(31)32/h7,10-11,13,15,17,19,22,28H,6,8-9,16H2,1-5H3. The molecule has 8 nitrogen and oxygen atoms in total. The van der Waals surface area contributed by atoms with Gasteiger partial charge in [-0.1, -0.05) is 24.8 Å². The average Bonchev–Trinajstić information content (AvgIpc) is 3.48. The number of amides is 2. The highest BCUT2D eigenvalue weighted by Gasteiger charge is 2.35. The molecule has 2 amide bonds. The number of halogens is 2. The van der Waals surface area contributed by atoms with Crippen molar-refractivity contribution in [1.29, 1.82) is 0 Å². The zero-order chi connectivity index (χ0) is 28.8. The van der Waals surface area contributed by atoms with E-state index in [0.717, 1.165) is 12.8 Å². The van der Waals surface area contributed by atoms with E-state index in [-0.39, 0.29) is 41.1 Å². The molecule has 0 spiro atoms. The normalized spacial score (nSPS) is 18.8. The third kappa shape index (κ3) is 5.08. The van der Waals surface area contributed by atoms with Gasteiger partial charge in [0.15, 0.2) is 5.75 Å². The summed E-state index contributed by atoms with van der Waals surface area (Å²) in [5, 5.41) is 0. The van der Waals surface area contributed by atoms with Crippen molar-refractivity contribution < 1.29 is 27.8 Å². The molecule has 3 aromatic rings. The number of likely N-dealkylation sites (tertiary alicyclic amines) is 1. The van der Waals surface area contributed by atoms with Crippen molar-refractivity contribution in [3.05, 3.63) is 53.3 Å². The second-order valence-electron chi connectivity index (χ2n) is 11.0. The first-order chi connectivity index (χ1) is 19.0. The van der Waals surface area contributed by atoms with Gasteiger partial charge in [0.1, 0.15) is 17.1 Å². The van der Waals surface area contributed by atoms with E-state index in [1.807, 2.05) is 45.9 Å². The van der Waals surface area contributed by atoms with E-state index in [9.17, 15) is 18.4 Å². The Kier molecular flexibility index (Phi) is 7.17. The molecule has 1 fully saturated rings. The molecule has 0 saturated carbocycles. The lowest BCUT2D eigenvalue weighted by Gasteiger charge is -2.26. The Morgan fingerprint density at radius 1 is 1.23 bits per heavy atom. The number of benzene rings is 2. The highest BCUT2D eigenvalue weighted by Crippen LogP contribution is 2.40. The van der Waals surface area contributed by atoms with Crippen molar-refractivity contribution in [2.45, 2.75) is 71.3 Å². The molecule has 2 atom stereocenters. The number of carbonyl (C=O) groups is 2. The molecule has 5 rings (SSSR count). The lowest BCUT2D eigenvalue weighted by molar-refractivity contribution is -0.0498. The Hall–Kier alpha value is -4.13. The van der Waals surface area contributed by atoms with Crippen LogP contribution < -0.4 is 4.74 Å². The number of imidazole rings is 1. The molecular weight excluding hydrogens is 518 g/mol. The van der Waals surface area contributed by atoms with Gasteiger partial charge in [0.2, 0.25) is 0 Å². The van der Waals surface area contributed by atoms with Gasteiger partial charge in [-0.15, -0.1) is 0 Å². The van der Waals surface area contributed by atoms with Gasteiger partial charge in [0.25, 0.3) is 5.91 Å². The van der Waals surface area contributed by atoms with E-state index >= 15 is 0 Å². The predicted octanol–water partition coefficient (Wildman–Crippen LogP) is 5.91. The summed E-state index contributed by atoms with van der Waals surface area (Å²) in [5.74, 6) is 6.53. The summed E-state index contributed by atoms with van der Waals surface area (Å²) < 4.78 is 39.0.